The highest BCUT2D eigenvalue weighted by Gasteiger charge is 2.44. The Balaban J connectivity index is 1.66. The van der Waals surface area contributed by atoms with Gasteiger partial charge < -0.3 is 14.8 Å². The molecule has 4 nitrogen and oxygen atoms in total. The molecule has 1 N–H and O–H groups in total. The monoisotopic (exact) mass is 270 g/mol. The molecule has 0 spiro atoms. The molecule has 2 rings (SSSR count). The molecule has 2 fully saturated rings. The van der Waals surface area contributed by atoms with Gasteiger partial charge in [0.05, 0.1) is 13.2 Å². The highest BCUT2D eigenvalue weighted by atomic mass is 16.5. The summed E-state index contributed by atoms with van der Waals surface area (Å²) in [5, 5.41) is 3.77. The fraction of sp³-hybridized carbons (Fsp3) is 1.00. The molecule has 0 radical (unpaired) electrons. The standard InChI is InChI=1S/C15H30N2O2/c1-13-11-16-15(2,14-5-6-14)12-17(13)7-4-8-19-10-9-18-3/h13-14,16H,4-12H2,1-3H3. The summed E-state index contributed by atoms with van der Waals surface area (Å²) in [6.07, 6.45) is 3.94. The SMILES string of the molecule is COCCOCCCN1CC(C)(C2CC2)NCC1C. The van der Waals surface area contributed by atoms with E-state index in [-0.39, 0.29) is 0 Å². The molecule has 0 bridgehead atoms. The summed E-state index contributed by atoms with van der Waals surface area (Å²) < 4.78 is 10.5. The number of piperazine rings is 1. The second kappa shape index (κ2) is 7.02. The van der Waals surface area contributed by atoms with Crippen molar-refractivity contribution in [1.29, 1.82) is 0 Å². The number of methoxy groups -OCH3 is 1. The number of nitrogens with zero attached hydrogens (tertiary/aromatic N) is 1. The lowest BCUT2D eigenvalue weighted by molar-refractivity contribution is 0.0488. The largest absolute Gasteiger partial charge is 0.382 e. The topological polar surface area (TPSA) is 33.7 Å². The third-order valence-electron chi connectivity index (χ3n) is 4.60. The minimum Gasteiger partial charge on any atom is -0.382 e. The second-order valence-electron chi connectivity index (χ2n) is 6.35. The normalized spacial score (nSPS) is 32.7. The van der Waals surface area contributed by atoms with Crippen molar-refractivity contribution in [2.24, 2.45) is 5.92 Å². The quantitative estimate of drug-likeness (QED) is 0.678. The first-order chi connectivity index (χ1) is 9.15. The molecule has 19 heavy (non-hydrogen) atoms. The molecule has 1 heterocycles. The minimum atomic E-state index is 0.351. The molecule has 1 aliphatic heterocycles. The van der Waals surface area contributed by atoms with Gasteiger partial charge in [-0.15, -0.1) is 0 Å². The van der Waals surface area contributed by atoms with Gasteiger partial charge >= 0.3 is 0 Å². The molecule has 0 aromatic heterocycles. The Hall–Kier alpha value is -0.160. The number of rotatable bonds is 8. The van der Waals surface area contributed by atoms with Crippen LogP contribution in [0.25, 0.3) is 0 Å². The zero-order valence-electron chi connectivity index (χ0n) is 12.8. The van der Waals surface area contributed by atoms with Gasteiger partial charge in [-0.05, 0) is 39.0 Å². The van der Waals surface area contributed by atoms with Crippen LogP contribution in [0.1, 0.15) is 33.1 Å². The molecule has 112 valence electrons. The summed E-state index contributed by atoms with van der Waals surface area (Å²) >= 11 is 0. The average Bonchev–Trinajstić information content (AvgIpc) is 3.22. The summed E-state index contributed by atoms with van der Waals surface area (Å²) in [6, 6.07) is 0.644. The van der Waals surface area contributed by atoms with Gasteiger partial charge in [0.25, 0.3) is 0 Å². The van der Waals surface area contributed by atoms with Crippen LogP contribution in [0, 0.1) is 5.92 Å². The maximum Gasteiger partial charge on any atom is 0.0700 e. The van der Waals surface area contributed by atoms with Crippen LogP contribution in [-0.2, 0) is 9.47 Å². The lowest BCUT2D eigenvalue weighted by Crippen LogP contribution is -2.63. The molecule has 2 atom stereocenters. The molecule has 2 aliphatic rings. The van der Waals surface area contributed by atoms with Crippen LogP contribution in [-0.4, -0.2) is 63.0 Å². The molecular weight excluding hydrogens is 240 g/mol. The van der Waals surface area contributed by atoms with Gasteiger partial charge in [-0.3, -0.25) is 4.90 Å². The van der Waals surface area contributed by atoms with Crippen LogP contribution in [0.3, 0.4) is 0 Å². The van der Waals surface area contributed by atoms with Crippen molar-refractivity contribution in [2.75, 3.05) is 46.6 Å². The number of hydrogen-bond acceptors (Lipinski definition) is 4. The molecule has 0 aromatic carbocycles. The van der Waals surface area contributed by atoms with E-state index in [0.29, 0.717) is 24.8 Å². The van der Waals surface area contributed by atoms with Crippen molar-refractivity contribution in [3.05, 3.63) is 0 Å². The highest BCUT2D eigenvalue weighted by Crippen LogP contribution is 2.41. The molecule has 1 aliphatic carbocycles. The first-order valence-corrected chi connectivity index (χ1v) is 7.71. The minimum absolute atomic E-state index is 0.351. The van der Waals surface area contributed by atoms with Gasteiger partial charge in [0, 0.05) is 44.9 Å². The van der Waals surface area contributed by atoms with Gasteiger partial charge in [0.2, 0.25) is 0 Å². The lowest BCUT2D eigenvalue weighted by Gasteiger charge is -2.45. The summed E-state index contributed by atoms with van der Waals surface area (Å²) in [7, 11) is 1.71. The first kappa shape index (κ1) is 15.2. The molecule has 2 unspecified atom stereocenters. The zero-order chi connectivity index (χ0) is 13.7. The van der Waals surface area contributed by atoms with Crippen molar-refractivity contribution in [2.45, 2.75) is 44.7 Å². The maximum atomic E-state index is 5.54. The van der Waals surface area contributed by atoms with Crippen molar-refractivity contribution in [3.63, 3.8) is 0 Å². The fourth-order valence-electron chi connectivity index (χ4n) is 3.05. The van der Waals surface area contributed by atoms with Gasteiger partial charge in [-0.25, -0.2) is 0 Å². The molecule has 0 aromatic rings. The van der Waals surface area contributed by atoms with Crippen molar-refractivity contribution >= 4 is 0 Å². The maximum absolute atomic E-state index is 5.54. The van der Waals surface area contributed by atoms with E-state index in [4.69, 9.17) is 9.47 Å². The van der Waals surface area contributed by atoms with Crippen LogP contribution in [0.5, 0.6) is 0 Å². The molecule has 4 heteroatoms. The van der Waals surface area contributed by atoms with Crippen LogP contribution in [0.2, 0.25) is 0 Å². The van der Waals surface area contributed by atoms with Crippen molar-refractivity contribution in [1.82, 2.24) is 10.2 Å². The van der Waals surface area contributed by atoms with Gasteiger partial charge in [0.15, 0.2) is 0 Å². The highest BCUT2D eigenvalue weighted by molar-refractivity contribution is 5.03. The first-order valence-electron chi connectivity index (χ1n) is 7.71. The Morgan fingerprint density at radius 2 is 2.05 bits per heavy atom. The van der Waals surface area contributed by atoms with Crippen molar-refractivity contribution < 1.29 is 9.47 Å². The Labute approximate surface area is 117 Å². The van der Waals surface area contributed by atoms with E-state index in [0.717, 1.165) is 32.0 Å². The van der Waals surface area contributed by atoms with Crippen molar-refractivity contribution in [3.8, 4) is 0 Å². The van der Waals surface area contributed by atoms with E-state index >= 15 is 0 Å². The van der Waals surface area contributed by atoms with E-state index in [2.05, 4.69) is 24.1 Å². The smallest absolute Gasteiger partial charge is 0.0700 e. The zero-order valence-corrected chi connectivity index (χ0v) is 12.8. The van der Waals surface area contributed by atoms with Crippen LogP contribution in [0.4, 0.5) is 0 Å². The van der Waals surface area contributed by atoms with Crippen LogP contribution >= 0.6 is 0 Å². The van der Waals surface area contributed by atoms with Crippen LogP contribution < -0.4 is 5.32 Å². The summed E-state index contributed by atoms with van der Waals surface area (Å²) in [6.45, 7) is 10.5. The average molecular weight is 270 g/mol. The van der Waals surface area contributed by atoms with Gasteiger partial charge in [-0.2, -0.15) is 0 Å². The Bertz CT molecular complexity index is 271. The summed E-state index contributed by atoms with van der Waals surface area (Å²) in [5.74, 6) is 0.903. The summed E-state index contributed by atoms with van der Waals surface area (Å²) in [4.78, 5) is 2.63. The van der Waals surface area contributed by atoms with Crippen LogP contribution in [0.15, 0.2) is 0 Å². The fourth-order valence-corrected chi connectivity index (χ4v) is 3.05. The number of hydrogen-bond donors (Lipinski definition) is 1. The Morgan fingerprint density at radius 1 is 1.26 bits per heavy atom. The van der Waals surface area contributed by atoms with E-state index in [1.54, 1.807) is 7.11 Å². The molecular formula is C15H30N2O2. The Morgan fingerprint density at radius 3 is 2.74 bits per heavy atom. The number of nitrogens with one attached hydrogen (secondary N) is 1. The predicted molar refractivity (Wildman–Crippen MR) is 77.5 cm³/mol. The molecule has 1 saturated carbocycles. The lowest BCUT2D eigenvalue weighted by atomic mass is 9.91. The Kier molecular flexibility index (Phi) is 5.63. The summed E-state index contributed by atoms with van der Waals surface area (Å²) in [5.41, 5.74) is 0.351. The van der Waals surface area contributed by atoms with E-state index < -0.39 is 0 Å². The van der Waals surface area contributed by atoms with Gasteiger partial charge in [0.1, 0.15) is 0 Å². The molecule has 1 saturated heterocycles. The van der Waals surface area contributed by atoms with E-state index in [1.165, 1.54) is 19.4 Å². The van der Waals surface area contributed by atoms with E-state index in [9.17, 15) is 0 Å². The predicted octanol–water partition coefficient (Wildman–Crippen LogP) is 1.50. The number of ether oxygens (including phenoxy) is 2. The molecule has 0 amide bonds. The second-order valence-corrected chi connectivity index (χ2v) is 6.35. The van der Waals surface area contributed by atoms with E-state index in [1.807, 2.05) is 0 Å². The third kappa shape index (κ3) is 4.42. The third-order valence-corrected chi connectivity index (χ3v) is 4.60. The van der Waals surface area contributed by atoms with Gasteiger partial charge in [-0.1, -0.05) is 0 Å².